The van der Waals surface area contributed by atoms with Crippen molar-refractivity contribution in [2.75, 3.05) is 16.8 Å². The number of benzene rings is 3. The summed E-state index contributed by atoms with van der Waals surface area (Å²) in [6.45, 7) is 2.04. The summed E-state index contributed by atoms with van der Waals surface area (Å²) >= 11 is 6.35. The molecule has 11 heteroatoms. The van der Waals surface area contributed by atoms with Gasteiger partial charge in [-0.3, -0.25) is 24.7 Å². The zero-order valence-corrected chi connectivity index (χ0v) is 23.5. The number of fused-ring (bicyclic) bond motifs is 1. The first kappa shape index (κ1) is 28.9. The van der Waals surface area contributed by atoms with Crippen LogP contribution in [-0.4, -0.2) is 29.3 Å². The molecule has 0 saturated carbocycles. The van der Waals surface area contributed by atoms with Crippen LogP contribution in [0.25, 0.3) is 0 Å². The van der Waals surface area contributed by atoms with Crippen molar-refractivity contribution >= 4 is 46.4 Å². The summed E-state index contributed by atoms with van der Waals surface area (Å²) in [6, 6.07) is 25.6. The molecule has 3 amide bonds. The number of pyridine rings is 1. The number of halogens is 1. The van der Waals surface area contributed by atoms with E-state index in [1.807, 2.05) is 6.07 Å². The van der Waals surface area contributed by atoms with Crippen LogP contribution in [0.2, 0.25) is 0 Å². The van der Waals surface area contributed by atoms with Gasteiger partial charge in [-0.1, -0.05) is 41.9 Å². The fourth-order valence-electron chi connectivity index (χ4n) is 4.40. The number of ether oxygens (including phenoxy) is 2. The van der Waals surface area contributed by atoms with Crippen LogP contribution < -0.4 is 25.0 Å². The van der Waals surface area contributed by atoms with Gasteiger partial charge in [0.25, 0.3) is 17.7 Å². The minimum Gasteiger partial charge on any atom is -0.492 e. The Bertz CT molecular complexity index is 1760. The van der Waals surface area contributed by atoms with E-state index in [1.165, 1.54) is 17.2 Å². The molecule has 4 aromatic rings. The predicted molar refractivity (Wildman–Crippen MR) is 160 cm³/mol. The van der Waals surface area contributed by atoms with Crippen LogP contribution in [0.15, 0.2) is 103 Å². The molecule has 43 heavy (non-hydrogen) atoms. The number of aromatic nitrogens is 1. The van der Waals surface area contributed by atoms with Gasteiger partial charge in [-0.15, -0.1) is 0 Å². The summed E-state index contributed by atoms with van der Waals surface area (Å²) in [4.78, 5) is 44.4. The Labute approximate surface area is 252 Å². The number of nitriles is 1. The minimum atomic E-state index is -0.864. The highest BCUT2D eigenvalue weighted by Crippen LogP contribution is 2.41. The summed E-state index contributed by atoms with van der Waals surface area (Å²) in [6.07, 6.45) is 2.90. The third kappa shape index (κ3) is 6.32. The molecule has 2 N–H and O–H groups in total. The van der Waals surface area contributed by atoms with Crippen molar-refractivity contribution in [2.24, 2.45) is 0 Å². The maximum absolute atomic E-state index is 13.4. The Morgan fingerprint density at radius 3 is 2.58 bits per heavy atom. The largest absolute Gasteiger partial charge is 0.492 e. The summed E-state index contributed by atoms with van der Waals surface area (Å²) in [5.74, 6) is -1.23. The van der Waals surface area contributed by atoms with E-state index in [1.54, 1.807) is 92.0 Å². The first-order valence-corrected chi connectivity index (χ1v) is 13.6. The van der Waals surface area contributed by atoms with E-state index in [-0.39, 0.29) is 34.7 Å². The zero-order chi connectivity index (χ0) is 30.3. The second-order valence-electron chi connectivity index (χ2n) is 9.08. The fraction of sp³-hybridized carbons (Fsp3) is 0.0938. The standard InChI is InChI=1S/C32H24ClN5O5/c1-2-42-26-15-14-24-27(32(41)37-31(24)40)28(26)38(22-10-4-3-5-11-22)19-20(18-34)30(39)36-21-9-8-12-23(17-21)43-29(33)25-13-6-7-16-35-25/h3-17,19,29H,2H2,1H3,(H,36,39)(H,37,40,41)/b20-19+. The average molecular weight is 594 g/mol. The van der Waals surface area contributed by atoms with Crippen LogP contribution in [0.4, 0.5) is 17.1 Å². The summed E-state index contributed by atoms with van der Waals surface area (Å²) in [5, 5.41) is 15.1. The molecule has 2 heterocycles. The van der Waals surface area contributed by atoms with Crippen LogP contribution in [0, 0.1) is 11.3 Å². The Kier molecular flexibility index (Phi) is 8.65. The molecule has 214 valence electrons. The third-order valence-electron chi connectivity index (χ3n) is 6.29. The molecule has 0 spiro atoms. The smallest absolute Gasteiger partial charge is 0.267 e. The molecule has 10 nitrogen and oxygen atoms in total. The van der Waals surface area contributed by atoms with Crippen LogP contribution in [0.5, 0.6) is 11.5 Å². The molecule has 3 aromatic carbocycles. The molecule has 5 rings (SSSR count). The van der Waals surface area contributed by atoms with E-state index in [2.05, 4.69) is 15.6 Å². The van der Waals surface area contributed by atoms with Gasteiger partial charge in [-0.2, -0.15) is 5.26 Å². The number of nitrogens with zero attached hydrogens (tertiary/aromatic N) is 3. The molecule has 1 aromatic heterocycles. The molecule has 1 aliphatic rings. The van der Waals surface area contributed by atoms with Crippen molar-refractivity contribution in [2.45, 2.75) is 12.5 Å². The topological polar surface area (TPSA) is 134 Å². The number of amides is 3. The van der Waals surface area contributed by atoms with Crippen molar-refractivity contribution in [1.29, 1.82) is 5.26 Å². The molecule has 0 aliphatic carbocycles. The number of para-hydroxylation sites is 1. The zero-order valence-electron chi connectivity index (χ0n) is 22.8. The Balaban J connectivity index is 1.49. The van der Waals surface area contributed by atoms with Gasteiger partial charge in [0.05, 0.1) is 23.4 Å². The number of carbonyl (C=O) groups is 3. The van der Waals surface area contributed by atoms with Gasteiger partial charge < -0.3 is 19.7 Å². The quantitative estimate of drug-likeness (QED) is 0.101. The number of nitrogens with one attached hydrogen (secondary N) is 2. The highest BCUT2D eigenvalue weighted by Gasteiger charge is 2.34. The van der Waals surface area contributed by atoms with E-state index in [9.17, 15) is 19.6 Å². The molecule has 0 fully saturated rings. The van der Waals surface area contributed by atoms with Crippen molar-refractivity contribution in [3.63, 3.8) is 0 Å². The number of anilines is 3. The van der Waals surface area contributed by atoms with E-state index in [0.717, 1.165) is 0 Å². The number of imide groups is 1. The number of hydrogen-bond donors (Lipinski definition) is 2. The normalized spacial score (nSPS) is 12.9. The lowest BCUT2D eigenvalue weighted by Crippen LogP contribution is -2.22. The SMILES string of the molecule is CCOc1ccc2c(c1N(/C=C(\C#N)C(=O)Nc1cccc(OC(Cl)c3ccccn3)c1)c1ccccc1)C(=O)NC2=O. The Morgan fingerprint density at radius 1 is 1.07 bits per heavy atom. The first-order valence-electron chi connectivity index (χ1n) is 13.1. The highest BCUT2D eigenvalue weighted by molar-refractivity contribution is 6.25. The number of carbonyl (C=O) groups excluding carboxylic acids is 3. The molecule has 1 unspecified atom stereocenters. The van der Waals surface area contributed by atoms with Crippen LogP contribution in [0.1, 0.15) is 38.9 Å². The lowest BCUT2D eigenvalue weighted by molar-refractivity contribution is -0.112. The van der Waals surface area contributed by atoms with Crippen LogP contribution in [0.3, 0.4) is 0 Å². The van der Waals surface area contributed by atoms with E-state index in [4.69, 9.17) is 21.1 Å². The predicted octanol–water partition coefficient (Wildman–Crippen LogP) is 5.86. The summed E-state index contributed by atoms with van der Waals surface area (Å²) in [5.41, 5.74) is 0.669. The molecule has 0 radical (unpaired) electrons. The molecular formula is C32H24ClN5O5. The van der Waals surface area contributed by atoms with Gasteiger partial charge in [0.1, 0.15) is 28.8 Å². The van der Waals surface area contributed by atoms with Crippen LogP contribution in [-0.2, 0) is 4.79 Å². The van der Waals surface area contributed by atoms with Gasteiger partial charge in [-0.05, 0) is 55.5 Å². The molecule has 0 saturated heterocycles. The van der Waals surface area contributed by atoms with Gasteiger partial charge in [-0.25, -0.2) is 0 Å². The first-order chi connectivity index (χ1) is 20.9. The fourth-order valence-corrected chi connectivity index (χ4v) is 4.63. The number of hydrogen-bond acceptors (Lipinski definition) is 8. The lowest BCUT2D eigenvalue weighted by atomic mass is 10.0. The Morgan fingerprint density at radius 2 is 1.86 bits per heavy atom. The van der Waals surface area contributed by atoms with Crippen LogP contribution >= 0.6 is 11.6 Å². The van der Waals surface area contributed by atoms with Gasteiger partial charge in [0, 0.05) is 29.8 Å². The Hall–Kier alpha value is -5.66. The molecule has 1 atom stereocenters. The molecule has 1 aliphatic heterocycles. The second kappa shape index (κ2) is 12.9. The van der Waals surface area contributed by atoms with E-state index < -0.39 is 23.3 Å². The maximum Gasteiger partial charge on any atom is 0.267 e. The number of rotatable bonds is 10. The highest BCUT2D eigenvalue weighted by atomic mass is 35.5. The van der Waals surface area contributed by atoms with Crippen molar-refractivity contribution < 1.29 is 23.9 Å². The van der Waals surface area contributed by atoms with Gasteiger partial charge in [0.2, 0.25) is 5.56 Å². The average Bonchev–Trinajstić information content (AvgIpc) is 3.32. The summed E-state index contributed by atoms with van der Waals surface area (Å²) in [7, 11) is 0. The second-order valence-corrected chi connectivity index (χ2v) is 9.48. The number of alkyl halides is 1. The van der Waals surface area contributed by atoms with Crippen molar-refractivity contribution in [1.82, 2.24) is 10.3 Å². The monoisotopic (exact) mass is 593 g/mol. The van der Waals surface area contributed by atoms with Crippen molar-refractivity contribution in [3.05, 3.63) is 120 Å². The molecular weight excluding hydrogens is 570 g/mol. The van der Waals surface area contributed by atoms with E-state index in [0.29, 0.717) is 22.8 Å². The maximum atomic E-state index is 13.4. The van der Waals surface area contributed by atoms with Gasteiger partial charge in [0.15, 0.2) is 0 Å². The lowest BCUT2D eigenvalue weighted by Gasteiger charge is -2.25. The minimum absolute atomic E-state index is 0.0714. The molecule has 0 bridgehead atoms. The van der Waals surface area contributed by atoms with Gasteiger partial charge >= 0.3 is 0 Å². The van der Waals surface area contributed by atoms with E-state index >= 15 is 0 Å². The van der Waals surface area contributed by atoms with Crippen molar-refractivity contribution in [3.8, 4) is 17.6 Å². The summed E-state index contributed by atoms with van der Waals surface area (Å²) < 4.78 is 11.6. The third-order valence-corrected chi connectivity index (χ3v) is 6.60.